The predicted octanol–water partition coefficient (Wildman–Crippen LogP) is 1.82. The fourth-order valence-corrected chi connectivity index (χ4v) is 0.967. The molecule has 3 nitrogen and oxygen atoms in total. The third-order valence-corrected chi connectivity index (χ3v) is 1.60. The number of ether oxygens (including phenoxy) is 1. The molecule has 0 saturated carbocycles. The zero-order valence-corrected chi connectivity index (χ0v) is 6.28. The molecule has 0 aromatic carbocycles. The van der Waals surface area contributed by atoms with Gasteiger partial charge in [-0.05, 0) is 0 Å². The Morgan fingerprint density at radius 1 is 1.58 bits per heavy atom. The van der Waals surface area contributed by atoms with E-state index in [4.69, 9.17) is 0 Å². The van der Waals surface area contributed by atoms with Crippen LogP contribution in [0.4, 0.5) is 13.2 Å². The lowest BCUT2D eigenvalue weighted by Crippen LogP contribution is -2.18. The molecule has 0 spiro atoms. The summed E-state index contributed by atoms with van der Waals surface area (Å²) in [6.07, 6.45) is -3.92. The Hall–Kier alpha value is -1.11. The van der Waals surface area contributed by atoms with Gasteiger partial charge in [0, 0.05) is 0 Å². The van der Waals surface area contributed by atoms with E-state index in [1.165, 1.54) is 5.51 Å². The van der Waals surface area contributed by atoms with Crippen molar-refractivity contribution in [2.75, 3.05) is 0 Å². The van der Waals surface area contributed by atoms with E-state index in [0.29, 0.717) is 0 Å². The maximum absolute atomic E-state index is 11.4. The van der Waals surface area contributed by atoms with Crippen molar-refractivity contribution in [1.29, 1.82) is 0 Å². The second-order valence-electron chi connectivity index (χ2n) is 1.70. The molecule has 1 rings (SSSR count). The Morgan fingerprint density at radius 3 is 2.67 bits per heavy atom. The Morgan fingerprint density at radius 2 is 2.25 bits per heavy atom. The van der Waals surface area contributed by atoms with E-state index >= 15 is 0 Å². The lowest BCUT2D eigenvalue weighted by atomic mass is 10.6. The van der Waals surface area contributed by atoms with Crippen LogP contribution in [0.3, 0.4) is 0 Å². The molecule has 0 unspecified atom stereocenters. The SMILES string of the molecule is O=C(OC(F)(F)F)c1cncs1. The molecular formula is C5H2F3NO2S. The summed E-state index contributed by atoms with van der Waals surface area (Å²) < 4.78 is 37.4. The number of alkyl halides is 3. The second-order valence-corrected chi connectivity index (χ2v) is 2.59. The van der Waals surface area contributed by atoms with Gasteiger partial charge in [-0.15, -0.1) is 24.5 Å². The Labute approximate surface area is 68.8 Å². The highest BCUT2D eigenvalue weighted by Gasteiger charge is 2.34. The van der Waals surface area contributed by atoms with Crippen LogP contribution in [0.2, 0.25) is 0 Å². The monoisotopic (exact) mass is 197 g/mol. The highest BCUT2D eigenvalue weighted by atomic mass is 32.1. The van der Waals surface area contributed by atoms with Gasteiger partial charge in [0.15, 0.2) is 0 Å². The van der Waals surface area contributed by atoms with Gasteiger partial charge in [0.05, 0.1) is 11.7 Å². The van der Waals surface area contributed by atoms with Gasteiger partial charge in [0.2, 0.25) is 0 Å². The molecule has 7 heteroatoms. The normalized spacial score (nSPS) is 11.2. The number of nitrogens with zero attached hydrogens (tertiary/aromatic N) is 1. The fourth-order valence-electron chi connectivity index (χ4n) is 0.472. The summed E-state index contributed by atoms with van der Waals surface area (Å²) in [6.45, 7) is 0. The second kappa shape index (κ2) is 3.10. The summed E-state index contributed by atoms with van der Waals surface area (Å²) >= 11 is 0.786. The summed E-state index contributed by atoms with van der Waals surface area (Å²) in [5.41, 5.74) is 1.24. The number of esters is 1. The van der Waals surface area contributed by atoms with E-state index in [9.17, 15) is 18.0 Å². The number of halogens is 3. The van der Waals surface area contributed by atoms with Gasteiger partial charge in [0.25, 0.3) is 0 Å². The third-order valence-electron chi connectivity index (χ3n) is 0.842. The molecule has 1 aromatic heterocycles. The van der Waals surface area contributed by atoms with Crippen molar-refractivity contribution < 1.29 is 22.7 Å². The molecular weight excluding hydrogens is 195 g/mol. The van der Waals surface area contributed by atoms with Gasteiger partial charge < -0.3 is 4.74 Å². The van der Waals surface area contributed by atoms with Crippen LogP contribution >= 0.6 is 11.3 Å². The van der Waals surface area contributed by atoms with E-state index in [2.05, 4.69) is 9.72 Å². The van der Waals surface area contributed by atoms with E-state index in [1.54, 1.807) is 0 Å². The number of thiazole rings is 1. The van der Waals surface area contributed by atoms with Crippen molar-refractivity contribution in [1.82, 2.24) is 4.98 Å². The summed E-state index contributed by atoms with van der Waals surface area (Å²) in [7, 11) is 0. The van der Waals surface area contributed by atoms with Gasteiger partial charge in [-0.3, -0.25) is 4.98 Å². The number of rotatable bonds is 1. The van der Waals surface area contributed by atoms with Crippen LogP contribution in [-0.4, -0.2) is 17.3 Å². The molecule has 0 amide bonds. The average Bonchev–Trinajstić information content (AvgIpc) is 2.32. The maximum atomic E-state index is 11.4. The molecule has 0 aliphatic rings. The number of hydrogen-bond acceptors (Lipinski definition) is 4. The fraction of sp³-hybridized carbons (Fsp3) is 0.200. The van der Waals surface area contributed by atoms with E-state index < -0.39 is 12.3 Å². The van der Waals surface area contributed by atoms with Crippen molar-refractivity contribution in [3.8, 4) is 0 Å². The quantitative estimate of drug-likeness (QED) is 0.644. The minimum Gasteiger partial charge on any atom is -0.369 e. The molecule has 1 heterocycles. The first kappa shape index (κ1) is 8.98. The van der Waals surface area contributed by atoms with Crippen LogP contribution in [-0.2, 0) is 4.74 Å². The van der Waals surface area contributed by atoms with Gasteiger partial charge in [-0.1, -0.05) is 0 Å². The van der Waals surface area contributed by atoms with E-state index in [0.717, 1.165) is 17.5 Å². The maximum Gasteiger partial charge on any atom is 0.575 e. The third kappa shape index (κ3) is 2.50. The van der Waals surface area contributed by atoms with Gasteiger partial charge in [-0.25, -0.2) is 4.79 Å². The molecule has 0 radical (unpaired) electrons. The number of aromatic nitrogens is 1. The lowest BCUT2D eigenvalue weighted by molar-refractivity contribution is -0.291. The standard InChI is InChI=1S/C5H2F3NO2S/c6-5(7,8)11-4(10)3-1-9-2-12-3/h1-2H. The largest absolute Gasteiger partial charge is 0.575 e. The summed E-state index contributed by atoms with van der Waals surface area (Å²) in [5, 5.41) is 0. The van der Waals surface area contributed by atoms with E-state index in [-0.39, 0.29) is 4.88 Å². The van der Waals surface area contributed by atoms with E-state index in [1.807, 2.05) is 0 Å². The molecule has 0 fully saturated rings. The smallest absolute Gasteiger partial charge is 0.369 e. The van der Waals surface area contributed by atoms with Crippen LogP contribution in [0, 0.1) is 0 Å². The average molecular weight is 197 g/mol. The number of carbonyl (C=O) groups is 1. The highest BCUT2D eigenvalue weighted by Crippen LogP contribution is 2.19. The van der Waals surface area contributed by atoms with Crippen molar-refractivity contribution in [2.24, 2.45) is 0 Å². The number of hydrogen-bond donors (Lipinski definition) is 0. The molecule has 0 aliphatic heterocycles. The molecule has 12 heavy (non-hydrogen) atoms. The van der Waals surface area contributed by atoms with Crippen LogP contribution in [0.1, 0.15) is 9.67 Å². The summed E-state index contributed by atoms with van der Waals surface area (Å²) in [6, 6.07) is 0. The Balaban J connectivity index is 2.63. The van der Waals surface area contributed by atoms with Crippen LogP contribution in [0.5, 0.6) is 0 Å². The zero-order chi connectivity index (χ0) is 9.19. The van der Waals surface area contributed by atoms with Gasteiger partial charge in [0.1, 0.15) is 4.88 Å². The molecule has 0 N–H and O–H groups in total. The van der Waals surface area contributed by atoms with Gasteiger partial charge in [-0.2, -0.15) is 0 Å². The first-order chi connectivity index (χ1) is 5.49. The molecule has 66 valence electrons. The van der Waals surface area contributed by atoms with Crippen LogP contribution in [0.15, 0.2) is 11.7 Å². The minimum absolute atomic E-state index is 0.174. The van der Waals surface area contributed by atoms with Crippen LogP contribution < -0.4 is 0 Å². The highest BCUT2D eigenvalue weighted by molar-refractivity contribution is 7.11. The summed E-state index contributed by atoms with van der Waals surface area (Å²) in [4.78, 5) is 13.8. The van der Waals surface area contributed by atoms with Crippen molar-refractivity contribution in [2.45, 2.75) is 6.36 Å². The lowest BCUT2D eigenvalue weighted by Gasteiger charge is -2.04. The first-order valence-corrected chi connectivity index (χ1v) is 3.55. The minimum atomic E-state index is -4.93. The Kier molecular flexibility index (Phi) is 2.32. The predicted molar refractivity (Wildman–Crippen MR) is 33.6 cm³/mol. The zero-order valence-electron chi connectivity index (χ0n) is 5.46. The Bertz CT molecular complexity index is 269. The molecule has 0 aliphatic carbocycles. The van der Waals surface area contributed by atoms with Crippen molar-refractivity contribution in [3.05, 3.63) is 16.6 Å². The van der Waals surface area contributed by atoms with Gasteiger partial charge >= 0.3 is 12.3 Å². The molecule has 0 atom stereocenters. The first-order valence-electron chi connectivity index (χ1n) is 2.67. The molecule has 0 saturated heterocycles. The molecule has 0 bridgehead atoms. The van der Waals surface area contributed by atoms with Crippen LogP contribution in [0.25, 0.3) is 0 Å². The number of carbonyl (C=O) groups excluding carboxylic acids is 1. The van der Waals surface area contributed by atoms with Crippen molar-refractivity contribution >= 4 is 17.3 Å². The molecule has 1 aromatic rings. The summed E-state index contributed by atoms with van der Waals surface area (Å²) in [5.74, 6) is -1.43. The van der Waals surface area contributed by atoms with Crippen molar-refractivity contribution in [3.63, 3.8) is 0 Å². The topological polar surface area (TPSA) is 39.2 Å².